The van der Waals surface area contributed by atoms with Crippen LogP contribution in [-0.4, -0.2) is 40.2 Å². The second-order valence-corrected chi connectivity index (χ2v) is 19.1. The van der Waals surface area contributed by atoms with Gasteiger partial charge in [0.1, 0.15) is 11.3 Å². The van der Waals surface area contributed by atoms with Crippen molar-refractivity contribution < 1.29 is 19.4 Å². The molecule has 2 aromatic rings. The second kappa shape index (κ2) is 7.93. The predicted octanol–water partition coefficient (Wildman–Crippen LogP) is 3.74. The standard InChI is InChI=1S/C21H29NO4Si2/c1-26-19-12-15(8-9-18(19)21(24)25)22-20(23)14-10-16(27(2,3)4)13-17(11-14)28(5,6)7/h8-13H,1-7H3,(H,22,23)(H,24,25). The van der Waals surface area contributed by atoms with Gasteiger partial charge in [0.05, 0.1) is 23.3 Å². The van der Waals surface area contributed by atoms with Gasteiger partial charge in [0, 0.05) is 17.3 Å². The topological polar surface area (TPSA) is 75.6 Å². The Morgan fingerprint density at radius 1 is 0.893 bits per heavy atom. The number of carboxylic acid groups (broad SMARTS) is 1. The molecule has 28 heavy (non-hydrogen) atoms. The molecule has 0 atom stereocenters. The lowest BCUT2D eigenvalue weighted by molar-refractivity contribution is 0.0693. The summed E-state index contributed by atoms with van der Waals surface area (Å²) in [6.07, 6.45) is 0. The molecule has 0 aliphatic carbocycles. The van der Waals surface area contributed by atoms with Crippen LogP contribution in [-0.2, 0) is 0 Å². The maximum absolute atomic E-state index is 13.0. The van der Waals surface area contributed by atoms with Crippen LogP contribution in [0.25, 0.3) is 0 Å². The van der Waals surface area contributed by atoms with Crippen LogP contribution in [0.15, 0.2) is 36.4 Å². The Labute approximate surface area is 168 Å². The highest BCUT2D eigenvalue weighted by Gasteiger charge is 2.24. The van der Waals surface area contributed by atoms with E-state index in [2.05, 4.69) is 50.7 Å². The van der Waals surface area contributed by atoms with Crippen molar-refractivity contribution in [3.05, 3.63) is 47.5 Å². The van der Waals surface area contributed by atoms with Crippen molar-refractivity contribution in [1.29, 1.82) is 0 Å². The van der Waals surface area contributed by atoms with E-state index in [9.17, 15) is 14.7 Å². The molecule has 2 aromatic carbocycles. The molecule has 7 heteroatoms. The molecule has 0 radical (unpaired) electrons. The van der Waals surface area contributed by atoms with E-state index in [1.807, 2.05) is 12.1 Å². The van der Waals surface area contributed by atoms with Crippen LogP contribution in [0, 0.1) is 0 Å². The molecular weight excluding hydrogens is 386 g/mol. The summed E-state index contributed by atoms with van der Waals surface area (Å²) in [5.41, 5.74) is 1.20. The summed E-state index contributed by atoms with van der Waals surface area (Å²) in [4.78, 5) is 24.2. The van der Waals surface area contributed by atoms with Crippen molar-refractivity contribution in [3.63, 3.8) is 0 Å². The van der Waals surface area contributed by atoms with Gasteiger partial charge in [-0.3, -0.25) is 4.79 Å². The molecule has 0 heterocycles. The average molecular weight is 416 g/mol. The first kappa shape index (κ1) is 21.9. The van der Waals surface area contributed by atoms with Crippen LogP contribution < -0.4 is 20.4 Å². The molecule has 2 N–H and O–H groups in total. The van der Waals surface area contributed by atoms with Crippen LogP contribution in [0.3, 0.4) is 0 Å². The third-order valence-electron chi connectivity index (χ3n) is 4.62. The second-order valence-electron chi connectivity index (χ2n) is 8.97. The number of hydrogen-bond donors (Lipinski definition) is 2. The maximum Gasteiger partial charge on any atom is 0.339 e. The first-order chi connectivity index (χ1) is 12.8. The van der Waals surface area contributed by atoms with Crippen molar-refractivity contribution in [2.75, 3.05) is 12.4 Å². The van der Waals surface area contributed by atoms with Gasteiger partial charge < -0.3 is 15.2 Å². The number of aromatic carboxylic acids is 1. The summed E-state index contributed by atoms with van der Waals surface area (Å²) < 4.78 is 5.14. The fourth-order valence-electron chi connectivity index (χ4n) is 2.77. The number of ether oxygens (including phenoxy) is 1. The summed E-state index contributed by atoms with van der Waals surface area (Å²) in [6, 6.07) is 10.8. The third-order valence-corrected chi connectivity index (χ3v) is 8.66. The van der Waals surface area contributed by atoms with Gasteiger partial charge in [-0.25, -0.2) is 4.79 Å². The average Bonchev–Trinajstić information content (AvgIpc) is 2.59. The van der Waals surface area contributed by atoms with Gasteiger partial charge in [-0.05, 0) is 12.1 Å². The van der Waals surface area contributed by atoms with E-state index in [-0.39, 0.29) is 17.2 Å². The van der Waals surface area contributed by atoms with Crippen molar-refractivity contribution >= 4 is 44.1 Å². The minimum atomic E-state index is -1.59. The number of methoxy groups -OCH3 is 1. The summed E-state index contributed by atoms with van der Waals surface area (Å²) in [5, 5.41) is 14.6. The highest BCUT2D eigenvalue weighted by Crippen LogP contribution is 2.23. The molecule has 5 nitrogen and oxygen atoms in total. The van der Waals surface area contributed by atoms with Crippen LogP contribution >= 0.6 is 0 Å². The molecule has 0 spiro atoms. The number of rotatable bonds is 6. The minimum absolute atomic E-state index is 0.0576. The van der Waals surface area contributed by atoms with Crippen LogP contribution in [0.1, 0.15) is 20.7 Å². The number of anilines is 1. The largest absolute Gasteiger partial charge is 0.496 e. The van der Waals surface area contributed by atoms with E-state index in [1.165, 1.54) is 29.6 Å². The zero-order valence-electron chi connectivity index (χ0n) is 17.6. The van der Waals surface area contributed by atoms with Gasteiger partial charge in [0.15, 0.2) is 0 Å². The van der Waals surface area contributed by atoms with E-state index >= 15 is 0 Å². The molecule has 1 amide bonds. The van der Waals surface area contributed by atoms with Gasteiger partial charge in [0.25, 0.3) is 5.91 Å². The monoisotopic (exact) mass is 415 g/mol. The van der Waals surface area contributed by atoms with Gasteiger partial charge in [0.2, 0.25) is 0 Å². The van der Waals surface area contributed by atoms with Gasteiger partial charge in [-0.15, -0.1) is 0 Å². The Morgan fingerprint density at radius 3 is 1.86 bits per heavy atom. The molecule has 0 aromatic heterocycles. The van der Waals surface area contributed by atoms with E-state index in [4.69, 9.17) is 4.74 Å². The number of carbonyl (C=O) groups is 2. The van der Waals surface area contributed by atoms with E-state index in [1.54, 1.807) is 6.07 Å². The highest BCUT2D eigenvalue weighted by atomic mass is 28.3. The molecule has 0 unspecified atom stereocenters. The Balaban J connectivity index is 2.42. The maximum atomic E-state index is 13.0. The molecule has 0 saturated heterocycles. The Morgan fingerprint density at radius 2 is 1.43 bits per heavy atom. The SMILES string of the molecule is COc1cc(NC(=O)c2cc([Si](C)(C)C)cc([Si](C)(C)C)c2)ccc1C(=O)O. The zero-order chi connectivity index (χ0) is 21.3. The van der Waals surface area contributed by atoms with Crippen LogP contribution in [0.5, 0.6) is 5.75 Å². The predicted molar refractivity (Wildman–Crippen MR) is 120 cm³/mol. The molecule has 0 aliphatic heterocycles. The lowest BCUT2D eigenvalue weighted by atomic mass is 10.1. The molecule has 0 saturated carbocycles. The fraction of sp³-hybridized carbons (Fsp3) is 0.333. The van der Waals surface area contributed by atoms with Crippen molar-refractivity contribution in [3.8, 4) is 5.75 Å². The lowest BCUT2D eigenvalue weighted by Crippen LogP contribution is -2.46. The molecule has 2 rings (SSSR count). The van der Waals surface area contributed by atoms with Crippen molar-refractivity contribution in [2.24, 2.45) is 0 Å². The first-order valence-corrected chi connectivity index (χ1v) is 16.2. The van der Waals surface area contributed by atoms with Crippen molar-refractivity contribution in [1.82, 2.24) is 0 Å². The molecule has 150 valence electrons. The highest BCUT2D eigenvalue weighted by molar-refractivity contribution is 6.91. The van der Waals surface area contributed by atoms with Crippen molar-refractivity contribution in [2.45, 2.75) is 39.3 Å². The summed E-state index contributed by atoms with van der Waals surface area (Å²) >= 11 is 0. The van der Waals surface area contributed by atoms with Gasteiger partial charge in [-0.1, -0.05) is 67.9 Å². The van der Waals surface area contributed by atoms with Crippen LogP contribution in [0.2, 0.25) is 39.3 Å². The Hall–Kier alpha value is -2.39. The number of amides is 1. The van der Waals surface area contributed by atoms with Gasteiger partial charge >= 0.3 is 5.97 Å². The van der Waals surface area contributed by atoms with E-state index in [0.717, 1.165) is 0 Å². The summed E-state index contributed by atoms with van der Waals surface area (Å²) in [7, 11) is -1.77. The minimum Gasteiger partial charge on any atom is -0.496 e. The first-order valence-electron chi connectivity index (χ1n) is 9.21. The van der Waals surface area contributed by atoms with Gasteiger partial charge in [-0.2, -0.15) is 0 Å². The number of nitrogens with one attached hydrogen (secondary N) is 1. The number of hydrogen-bond acceptors (Lipinski definition) is 3. The molecule has 0 aliphatic rings. The number of carboxylic acids is 1. The third kappa shape index (κ3) is 5.11. The normalized spacial score (nSPS) is 11.8. The summed E-state index contributed by atoms with van der Waals surface area (Å²) in [6.45, 7) is 13.6. The Kier molecular flexibility index (Phi) is 6.20. The van der Waals surface area contributed by atoms with E-state index < -0.39 is 22.1 Å². The number of benzene rings is 2. The summed E-state index contributed by atoms with van der Waals surface area (Å²) in [5.74, 6) is -1.06. The Bertz CT molecular complexity index is 879. The molecule has 0 bridgehead atoms. The van der Waals surface area contributed by atoms with E-state index in [0.29, 0.717) is 11.3 Å². The smallest absolute Gasteiger partial charge is 0.339 e. The molecule has 0 fully saturated rings. The van der Waals surface area contributed by atoms with Crippen LogP contribution in [0.4, 0.5) is 5.69 Å². The lowest BCUT2D eigenvalue weighted by Gasteiger charge is -2.24. The quantitative estimate of drug-likeness (QED) is 0.705. The molecular formula is C21H29NO4Si2. The fourth-order valence-corrected chi connectivity index (χ4v) is 5.27. The zero-order valence-corrected chi connectivity index (χ0v) is 19.6. The number of carbonyl (C=O) groups excluding carboxylic acids is 1.